The van der Waals surface area contributed by atoms with E-state index in [1.807, 2.05) is 5.43 Å². The SMILES string of the molecule is NN/C(Oc1ccc(C(F)(F)F)cc1)=C(\N)C(=O)O. The fraction of sp³-hybridized carbons (Fsp3) is 0.100. The number of carboxylic acids is 1. The number of nitrogens with one attached hydrogen (secondary N) is 1. The number of halogens is 3. The van der Waals surface area contributed by atoms with Crippen molar-refractivity contribution in [2.75, 3.05) is 0 Å². The second-order valence-electron chi connectivity index (χ2n) is 3.32. The summed E-state index contributed by atoms with van der Waals surface area (Å²) in [5, 5.41) is 8.61. The van der Waals surface area contributed by atoms with Crippen LogP contribution in [0.4, 0.5) is 13.2 Å². The zero-order valence-corrected chi connectivity index (χ0v) is 9.36. The third kappa shape index (κ3) is 3.78. The number of benzene rings is 1. The second-order valence-corrected chi connectivity index (χ2v) is 3.32. The van der Waals surface area contributed by atoms with Gasteiger partial charge < -0.3 is 15.6 Å². The Hall–Kier alpha value is -2.42. The Morgan fingerprint density at radius 1 is 1.26 bits per heavy atom. The number of carbonyl (C=O) groups is 1. The molecule has 0 fully saturated rings. The van der Waals surface area contributed by atoms with Gasteiger partial charge in [-0.25, -0.2) is 10.6 Å². The Bertz CT molecular complexity index is 497. The summed E-state index contributed by atoms with van der Waals surface area (Å²) in [6.07, 6.45) is -4.47. The highest BCUT2D eigenvalue weighted by Crippen LogP contribution is 2.30. The van der Waals surface area contributed by atoms with E-state index in [0.717, 1.165) is 24.3 Å². The summed E-state index contributed by atoms with van der Waals surface area (Å²) in [6, 6.07) is 3.57. The predicted octanol–water partition coefficient (Wildman–Crippen LogP) is 0.760. The van der Waals surface area contributed by atoms with Crippen LogP contribution in [0.3, 0.4) is 0 Å². The van der Waals surface area contributed by atoms with Crippen LogP contribution in [0.1, 0.15) is 5.56 Å². The first-order valence-electron chi connectivity index (χ1n) is 4.80. The van der Waals surface area contributed by atoms with E-state index in [-0.39, 0.29) is 5.75 Å². The van der Waals surface area contributed by atoms with Crippen molar-refractivity contribution in [1.29, 1.82) is 0 Å². The van der Waals surface area contributed by atoms with Gasteiger partial charge >= 0.3 is 12.1 Å². The van der Waals surface area contributed by atoms with Crippen LogP contribution < -0.4 is 21.7 Å². The van der Waals surface area contributed by atoms with Gasteiger partial charge in [-0.3, -0.25) is 5.43 Å². The molecule has 0 heterocycles. The van der Waals surface area contributed by atoms with Gasteiger partial charge in [0.05, 0.1) is 5.56 Å². The number of carboxylic acid groups (broad SMARTS) is 1. The minimum absolute atomic E-state index is 0.0508. The molecular weight excluding hydrogens is 267 g/mol. The molecule has 0 amide bonds. The van der Waals surface area contributed by atoms with Crippen LogP contribution >= 0.6 is 0 Å². The lowest BCUT2D eigenvalue weighted by Crippen LogP contribution is -2.31. The summed E-state index contributed by atoms with van der Waals surface area (Å²) >= 11 is 0. The lowest BCUT2D eigenvalue weighted by molar-refractivity contribution is -0.137. The van der Waals surface area contributed by atoms with Crippen LogP contribution in [0, 0.1) is 0 Å². The van der Waals surface area contributed by atoms with E-state index >= 15 is 0 Å². The first kappa shape index (κ1) is 14.6. The maximum Gasteiger partial charge on any atom is 0.416 e. The van der Waals surface area contributed by atoms with Crippen LogP contribution in [0.25, 0.3) is 0 Å². The Kier molecular flexibility index (Phi) is 4.22. The molecule has 0 aliphatic heterocycles. The van der Waals surface area contributed by atoms with E-state index < -0.39 is 29.3 Å². The normalized spacial score (nSPS) is 12.6. The Balaban J connectivity index is 2.95. The van der Waals surface area contributed by atoms with Crippen molar-refractivity contribution in [3.8, 4) is 5.75 Å². The van der Waals surface area contributed by atoms with E-state index in [0.29, 0.717) is 0 Å². The molecule has 0 saturated carbocycles. The van der Waals surface area contributed by atoms with Gasteiger partial charge in [-0.1, -0.05) is 0 Å². The number of hydrogen-bond acceptors (Lipinski definition) is 5. The highest BCUT2D eigenvalue weighted by Gasteiger charge is 2.30. The van der Waals surface area contributed by atoms with Crippen molar-refractivity contribution in [3.05, 3.63) is 41.4 Å². The van der Waals surface area contributed by atoms with Gasteiger partial charge in [0, 0.05) is 0 Å². The highest BCUT2D eigenvalue weighted by molar-refractivity contribution is 5.85. The lowest BCUT2D eigenvalue weighted by atomic mass is 10.2. The monoisotopic (exact) mass is 277 g/mol. The molecular formula is C10H10F3N3O3. The van der Waals surface area contributed by atoms with Gasteiger partial charge in [0.2, 0.25) is 5.88 Å². The summed E-state index contributed by atoms with van der Waals surface area (Å²) in [5.74, 6) is 2.99. The lowest BCUT2D eigenvalue weighted by Gasteiger charge is -2.11. The average molecular weight is 277 g/mol. The first-order valence-corrected chi connectivity index (χ1v) is 4.80. The topological polar surface area (TPSA) is 111 Å². The minimum atomic E-state index is -4.47. The summed E-state index contributed by atoms with van der Waals surface area (Å²) in [6.45, 7) is 0. The van der Waals surface area contributed by atoms with Crippen molar-refractivity contribution in [1.82, 2.24) is 5.43 Å². The van der Waals surface area contributed by atoms with Gasteiger partial charge in [-0.05, 0) is 24.3 Å². The van der Waals surface area contributed by atoms with E-state index in [1.165, 1.54) is 0 Å². The third-order valence-electron chi connectivity index (χ3n) is 2.01. The number of nitrogens with two attached hydrogens (primary N) is 2. The third-order valence-corrected chi connectivity index (χ3v) is 2.01. The minimum Gasteiger partial charge on any atom is -0.476 e. The summed E-state index contributed by atoms with van der Waals surface area (Å²) in [7, 11) is 0. The number of hydrazine groups is 1. The fourth-order valence-electron chi connectivity index (χ4n) is 1.09. The van der Waals surface area contributed by atoms with Crippen molar-refractivity contribution in [3.63, 3.8) is 0 Å². The molecule has 19 heavy (non-hydrogen) atoms. The molecule has 0 aliphatic rings. The molecule has 104 valence electrons. The van der Waals surface area contributed by atoms with E-state index in [9.17, 15) is 18.0 Å². The van der Waals surface area contributed by atoms with Crippen molar-refractivity contribution in [2.24, 2.45) is 11.6 Å². The molecule has 6 nitrogen and oxygen atoms in total. The van der Waals surface area contributed by atoms with Crippen LogP contribution in [-0.2, 0) is 11.0 Å². The summed E-state index contributed by atoms with van der Waals surface area (Å²) in [4.78, 5) is 10.6. The van der Waals surface area contributed by atoms with E-state index in [4.69, 9.17) is 21.4 Å². The van der Waals surface area contributed by atoms with Crippen molar-refractivity contribution < 1.29 is 27.8 Å². The first-order chi connectivity index (χ1) is 8.75. The molecule has 0 saturated heterocycles. The molecule has 1 rings (SSSR count). The maximum absolute atomic E-state index is 12.3. The molecule has 0 atom stereocenters. The summed E-state index contributed by atoms with van der Waals surface area (Å²) in [5.41, 5.74) is 5.49. The van der Waals surface area contributed by atoms with Gasteiger partial charge in [0.25, 0.3) is 0 Å². The number of rotatable bonds is 4. The number of aliphatic carboxylic acids is 1. The van der Waals surface area contributed by atoms with Crippen LogP contribution in [0.2, 0.25) is 0 Å². The molecule has 0 aliphatic carbocycles. The van der Waals surface area contributed by atoms with Crippen LogP contribution in [0.15, 0.2) is 35.8 Å². The molecule has 0 bridgehead atoms. The standard InChI is InChI=1S/C10H10F3N3O3/c11-10(12,13)5-1-3-6(4-2-5)19-8(16-15)7(14)9(17)18/h1-4,16H,14-15H2,(H,17,18)/b8-7+. The Morgan fingerprint density at radius 3 is 2.16 bits per heavy atom. The van der Waals surface area contributed by atoms with Gasteiger partial charge in [-0.2, -0.15) is 13.2 Å². The van der Waals surface area contributed by atoms with Crippen molar-refractivity contribution in [2.45, 2.75) is 6.18 Å². The molecule has 0 aromatic heterocycles. The highest BCUT2D eigenvalue weighted by atomic mass is 19.4. The molecule has 0 radical (unpaired) electrons. The molecule has 6 N–H and O–H groups in total. The Labute approximate surface area is 105 Å². The number of hydrogen-bond donors (Lipinski definition) is 4. The smallest absolute Gasteiger partial charge is 0.416 e. The van der Waals surface area contributed by atoms with Gasteiger partial charge in [-0.15, -0.1) is 0 Å². The summed E-state index contributed by atoms with van der Waals surface area (Å²) < 4.78 is 41.8. The largest absolute Gasteiger partial charge is 0.476 e. The average Bonchev–Trinajstić information content (AvgIpc) is 2.34. The maximum atomic E-state index is 12.3. The van der Waals surface area contributed by atoms with E-state index in [1.54, 1.807) is 0 Å². The quantitative estimate of drug-likeness (QED) is 0.280. The van der Waals surface area contributed by atoms with Crippen LogP contribution in [-0.4, -0.2) is 11.1 Å². The molecule has 0 unspecified atom stereocenters. The Morgan fingerprint density at radius 2 is 1.79 bits per heavy atom. The van der Waals surface area contributed by atoms with Crippen molar-refractivity contribution >= 4 is 5.97 Å². The zero-order valence-electron chi connectivity index (χ0n) is 9.36. The number of ether oxygens (including phenoxy) is 1. The predicted molar refractivity (Wildman–Crippen MR) is 58.2 cm³/mol. The van der Waals surface area contributed by atoms with Crippen LogP contribution in [0.5, 0.6) is 5.75 Å². The number of alkyl halides is 3. The fourth-order valence-corrected chi connectivity index (χ4v) is 1.09. The molecule has 0 spiro atoms. The molecule has 1 aromatic carbocycles. The molecule has 9 heteroatoms. The van der Waals surface area contributed by atoms with E-state index in [2.05, 4.69) is 0 Å². The second kappa shape index (κ2) is 5.48. The van der Waals surface area contributed by atoms with Gasteiger partial charge in [0.15, 0.2) is 5.70 Å². The zero-order chi connectivity index (χ0) is 14.6. The van der Waals surface area contributed by atoms with Gasteiger partial charge in [0.1, 0.15) is 5.75 Å². The molecule has 1 aromatic rings.